The number of carbonyl (C=O) groups excluding carboxylic acids is 1. The molecule has 0 saturated carbocycles. The maximum absolute atomic E-state index is 12.1. The van der Waals surface area contributed by atoms with Gasteiger partial charge in [0.2, 0.25) is 0 Å². The van der Waals surface area contributed by atoms with Crippen molar-refractivity contribution in [2.45, 2.75) is 26.8 Å². The van der Waals surface area contributed by atoms with E-state index in [1.54, 1.807) is 6.07 Å². The first-order chi connectivity index (χ1) is 10.2. The highest BCUT2D eigenvalue weighted by Crippen LogP contribution is 2.06. The Morgan fingerprint density at radius 1 is 1.19 bits per heavy atom. The molecule has 0 fully saturated rings. The number of carbonyl (C=O) groups is 1. The fourth-order valence-electron chi connectivity index (χ4n) is 1.81. The summed E-state index contributed by atoms with van der Waals surface area (Å²) < 4.78 is 0. The summed E-state index contributed by atoms with van der Waals surface area (Å²) in [5, 5.41) is 6.00. The van der Waals surface area contributed by atoms with Gasteiger partial charge in [0, 0.05) is 19.2 Å². The van der Waals surface area contributed by atoms with Crippen molar-refractivity contribution >= 4 is 11.7 Å². The van der Waals surface area contributed by atoms with Gasteiger partial charge in [0.05, 0.1) is 0 Å². The molecule has 1 heterocycles. The third kappa shape index (κ3) is 4.56. The zero-order chi connectivity index (χ0) is 15.1. The molecule has 0 spiro atoms. The molecule has 0 atom stereocenters. The summed E-state index contributed by atoms with van der Waals surface area (Å²) in [5.74, 6) is 0.477. The predicted octanol–water partition coefficient (Wildman–Crippen LogP) is 2.54. The lowest BCUT2D eigenvalue weighted by Gasteiger charge is -2.07. The molecule has 1 amide bonds. The Balaban J connectivity index is 1.95. The van der Waals surface area contributed by atoms with Crippen LogP contribution in [0, 0.1) is 6.92 Å². The van der Waals surface area contributed by atoms with E-state index in [-0.39, 0.29) is 5.91 Å². The molecule has 1 aromatic carbocycles. The molecular formula is C16H20N4O. The first kappa shape index (κ1) is 15.0. The Labute approximate surface area is 124 Å². The van der Waals surface area contributed by atoms with E-state index in [9.17, 15) is 4.79 Å². The number of hydrogen-bond acceptors (Lipinski definition) is 4. The van der Waals surface area contributed by atoms with Crippen molar-refractivity contribution < 1.29 is 4.79 Å². The summed E-state index contributed by atoms with van der Waals surface area (Å²) in [5.41, 5.74) is 2.63. The van der Waals surface area contributed by atoms with Crippen molar-refractivity contribution in [2.75, 3.05) is 11.9 Å². The van der Waals surface area contributed by atoms with Crippen molar-refractivity contribution in [2.24, 2.45) is 0 Å². The van der Waals surface area contributed by atoms with Crippen molar-refractivity contribution in [1.29, 1.82) is 0 Å². The highest BCUT2D eigenvalue weighted by molar-refractivity contribution is 5.92. The third-order valence-electron chi connectivity index (χ3n) is 3.03. The molecule has 0 aliphatic carbocycles. The molecular weight excluding hydrogens is 264 g/mol. The molecule has 0 radical (unpaired) electrons. The fourth-order valence-corrected chi connectivity index (χ4v) is 1.81. The minimum Gasteiger partial charge on any atom is -0.370 e. The number of nitrogens with zero attached hydrogens (tertiary/aromatic N) is 2. The van der Waals surface area contributed by atoms with Crippen LogP contribution in [0.15, 0.2) is 36.7 Å². The van der Waals surface area contributed by atoms with Gasteiger partial charge in [0.1, 0.15) is 17.8 Å². The highest BCUT2D eigenvalue weighted by Gasteiger charge is 2.08. The summed E-state index contributed by atoms with van der Waals surface area (Å²) >= 11 is 0. The van der Waals surface area contributed by atoms with Gasteiger partial charge >= 0.3 is 0 Å². The number of nitrogens with one attached hydrogen (secondary N) is 2. The predicted molar refractivity (Wildman–Crippen MR) is 83.2 cm³/mol. The average Bonchev–Trinajstić information content (AvgIpc) is 2.52. The molecule has 0 unspecified atom stereocenters. The van der Waals surface area contributed by atoms with E-state index in [1.807, 2.05) is 31.2 Å². The Hall–Kier alpha value is -2.43. The van der Waals surface area contributed by atoms with E-state index in [0.717, 1.165) is 18.5 Å². The van der Waals surface area contributed by atoms with E-state index < -0.39 is 0 Å². The highest BCUT2D eigenvalue weighted by atomic mass is 16.1. The third-order valence-corrected chi connectivity index (χ3v) is 3.03. The first-order valence-electron chi connectivity index (χ1n) is 7.08. The molecule has 2 rings (SSSR count). The van der Waals surface area contributed by atoms with Crippen LogP contribution in [0.4, 0.5) is 5.82 Å². The summed E-state index contributed by atoms with van der Waals surface area (Å²) in [4.78, 5) is 20.2. The van der Waals surface area contributed by atoms with Crippen LogP contribution >= 0.6 is 0 Å². The smallest absolute Gasteiger partial charge is 0.270 e. The molecule has 0 bridgehead atoms. The second kappa shape index (κ2) is 7.38. The van der Waals surface area contributed by atoms with E-state index in [2.05, 4.69) is 27.5 Å². The van der Waals surface area contributed by atoms with Gasteiger partial charge in [-0.15, -0.1) is 0 Å². The van der Waals surface area contributed by atoms with Crippen molar-refractivity contribution in [3.8, 4) is 0 Å². The molecule has 0 saturated heterocycles. The Kier molecular flexibility index (Phi) is 5.26. The van der Waals surface area contributed by atoms with Gasteiger partial charge in [-0.3, -0.25) is 4.79 Å². The molecule has 2 N–H and O–H groups in total. The van der Waals surface area contributed by atoms with Gasteiger partial charge in [0.15, 0.2) is 0 Å². The largest absolute Gasteiger partial charge is 0.370 e. The van der Waals surface area contributed by atoms with Gasteiger partial charge in [-0.2, -0.15) is 0 Å². The zero-order valence-corrected chi connectivity index (χ0v) is 12.4. The quantitative estimate of drug-likeness (QED) is 0.855. The SMILES string of the molecule is CCCNc1cc(C(=O)NCc2ccc(C)cc2)ncn1. The average molecular weight is 284 g/mol. The number of aromatic nitrogens is 2. The number of anilines is 1. The lowest BCUT2D eigenvalue weighted by atomic mass is 10.1. The minimum absolute atomic E-state index is 0.197. The van der Waals surface area contributed by atoms with Gasteiger partial charge in [0.25, 0.3) is 5.91 Å². The van der Waals surface area contributed by atoms with Crippen LogP contribution in [0.25, 0.3) is 0 Å². The number of rotatable bonds is 6. The van der Waals surface area contributed by atoms with E-state index in [4.69, 9.17) is 0 Å². The molecule has 1 aromatic heterocycles. The van der Waals surface area contributed by atoms with E-state index >= 15 is 0 Å². The fraction of sp³-hybridized carbons (Fsp3) is 0.312. The lowest BCUT2D eigenvalue weighted by Crippen LogP contribution is -2.24. The van der Waals surface area contributed by atoms with Crippen LogP contribution in [-0.4, -0.2) is 22.4 Å². The molecule has 0 aliphatic rings. The first-order valence-corrected chi connectivity index (χ1v) is 7.08. The van der Waals surface area contributed by atoms with Crippen LogP contribution in [0.3, 0.4) is 0 Å². The van der Waals surface area contributed by atoms with Crippen LogP contribution in [0.5, 0.6) is 0 Å². The van der Waals surface area contributed by atoms with Crippen LogP contribution in [-0.2, 0) is 6.54 Å². The van der Waals surface area contributed by atoms with Crippen molar-refractivity contribution in [3.05, 3.63) is 53.5 Å². The normalized spacial score (nSPS) is 10.2. The summed E-state index contributed by atoms with van der Waals surface area (Å²) in [6.07, 6.45) is 2.40. The standard InChI is InChI=1S/C16H20N4O/c1-3-8-17-15-9-14(19-11-20-15)16(21)18-10-13-6-4-12(2)5-7-13/h4-7,9,11H,3,8,10H2,1-2H3,(H,18,21)(H,17,19,20). The molecule has 5 nitrogen and oxygen atoms in total. The number of hydrogen-bond donors (Lipinski definition) is 2. The summed E-state index contributed by atoms with van der Waals surface area (Å²) in [6.45, 7) is 5.42. The second-order valence-corrected chi connectivity index (χ2v) is 4.88. The molecule has 21 heavy (non-hydrogen) atoms. The Bertz CT molecular complexity index is 595. The number of aryl methyl sites for hydroxylation is 1. The molecule has 2 aromatic rings. The van der Waals surface area contributed by atoms with Gasteiger partial charge in [-0.1, -0.05) is 36.8 Å². The Morgan fingerprint density at radius 2 is 1.95 bits per heavy atom. The summed E-state index contributed by atoms with van der Waals surface area (Å²) in [7, 11) is 0. The molecule has 110 valence electrons. The van der Waals surface area contributed by atoms with Crippen molar-refractivity contribution in [3.63, 3.8) is 0 Å². The van der Waals surface area contributed by atoms with E-state index in [0.29, 0.717) is 18.1 Å². The second-order valence-electron chi connectivity index (χ2n) is 4.88. The van der Waals surface area contributed by atoms with E-state index in [1.165, 1.54) is 11.9 Å². The van der Waals surface area contributed by atoms with Gasteiger partial charge in [-0.05, 0) is 18.9 Å². The van der Waals surface area contributed by atoms with Gasteiger partial charge in [-0.25, -0.2) is 9.97 Å². The van der Waals surface area contributed by atoms with Crippen LogP contribution in [0.1, 0.15) is 35.0 Å². The lowest BCUT2D eigenvalue weighted by molar-refractivity contribution is 0.0946. The Morgan fingerprint density at radius 3 is 2.67 bits per heavy atom. The number of benzene rings is 1. The monoisotopic (exact) mass is 284 g/mol. The molecule has 5 heteroatoms. The van der Waals surface area contributed by atoms with Crippen molar-refractivity contribution in [1.82, 2.24) is 15.3 Å². The van der Waals surface area contributed by atoms with Crippen LogP contribution in [0.2, 0.25) is 0 Å². The van der Waals surface area contributed by atoms with Crippen LogP contribution < -0.4 is 10.6 Å². The zero-order valence-electron chi connectivity index (χ0n) is 12.4. The maximum Gasteiger partial charge on any atom is 0.270 e. The van der Waals surface area contributed by atoms with Gasteiger partial charge < -0.3 is 10.6 Å². The minimum atomic E-state index is -0.197. The maximum atomic E-state index is 12.1. The topological polar surface area (TPSA) is 66.9 Å². The molecule has 0 aliphatic heterocycles. The number of amides is 1. The summed E-state index contributed by atoms with van der Waals surface area (Å²) in [6, 6.07) is 9.73.